The van der Waals surface area contributed by atoms with Crippen LogP contribution in [0.25, 0.3) is 33.4 Å². The molecule has 1 aromatic carbocycles. The van der Waals surface area contributed by atoms with Crippen LogP contribution in [0.2, 0.25) is 0 Å². The van der Waals surface area contributed by atoms with Crippen LogP contribution in [0, 0.1) is 23.7 Å². The summed E-state index contributed by atoms with van der Waals surface area (Å²) in [5.74, 6) is 0.449. The van der Waals surface area contributed by atoms with Crippen LogP contribution in [0.1, 0.15) is 167 Å². The topological polar surface area (TPSA) is 399 Å². The number of amides is 3. The Morgan fingerprint density at radius 3 is 2.06 bits per heavy atom. The lowest BCUT2D eigenvalue weighted by atomic mass is 9.83. The number of anilines is 2. The van der Waals surface area contributed by atoms with Gasteiger partial charge < -0.3 is 92.9 Å². The summed E-state index contributed by atoms with van der Waals surface area (Å²) in [5.41, 5.74) is 18.7. The number of ketones is 2. The first kappa shape index (κ1) is 94.3. The monoisotopic (exact) mass is 1660 g/mol. The first-order valence-electron chi connectivity index (χ1n) is 42.6. The molecular weight excluding hydrogens is 1530 g/mol. The summed E-state index contributed by atoms with van der Waals surface area (Å²) in [4.78, 5) is 102. The maximum atomic E-state index is 13.3. The van der Waals surface area contributed by atoms with Gasteiger partial charge >= 0.3 is 6.09 Å². The van der Waals surface area contributed by atoms with Gasteiger partial charge in [-0.25, -0.2) is 29.4 Å². The minimum Gasteiger partial charge on any atom is -0.465 e. The highest BCUT2D eigenvalue weighted by Gasteiger charge is 2.36. The lowest BCUT2D eigenvalue weighted by Crippen LogP contribution is -2.46. The normalized spacial score (nSPS) is 19.1. The molecule has 3 amide bonds. The number of aromatic nitrogens is 7. The van der Waals surface area contributed by atoms with Crippen molar-refractivity contribution in [2.24, 2.45) is 23.7 Å². The Kier molecular flexibility index (Phi) is 41.2. The zero-order chi connectivity index (χ0) is 84.5. The number of hydrogen-bond donors (Lipinski definition) is 4. The molecule has 2 unspecified atom stereocenters. The number of aliphatic hydroxyl groups is 1. The van der Waals surface area contributed by atoms with Crippen molar-refractivity contribution in [1.29, 1.82) is 0 Å². The van der Waals surface area contributed by atoms with E-state index in [0.29, 0.717) is 210 Å². The zero-order valence-corrected chi connectivity index (χ0v) is 70.6. The maximum absolute atomic E-state index is 13.3. The molecule has 119 heavy (non-hydrogen) atoms. The summed E-state index contributed by atoms with van der Waals surface area (Å²) in [7, 11) is 1.67. The Bertz CT molecular complexity index is 4060. The Morgan fingerprint density at radius 1 is 0.714 bits per heavy atom. The van der Waals surface area contributed by atoms with E-state index in [9.17, 15) is 33.9 Å². The zero-order valence-electron chi connectivity index (χ0n) is 70.6. The second-order valence-electron chi connectivity index (χ2n) is 31.4. The molecule has 9 rings (SSSR count). The number of nitrogen functional groups attached to an aromatic ring is 2. The third kappa shape index (κ3) is 32.4. The van der Waals surface area contributed by atoms with Crippen LogP contribution in [0.4, 0.5) is 16.6 Å². The van der Waals surface area contributed by atoms with Gasteiger partial charge in [0.2, 0.25) is 11.7 Å². The van der Waals surface area contributed by atoms with Gasteiger partial charge in [0.05, 0.1) is 142 Å². The van der Waals surface area contributed by atoms with Gasteiger partial charge in [-0.3, -0.25) is 24.0 Å². The molecule has 1 saturated carbocycles. The molecule has 0 spiro atoms. The van der Waals surface area contributed by atoms with E-state index >= 15 is 0 Å². The van der Waals surface area contributed by atoms with E-state index < -0.39 is 30.0 Å². The number of Topliss-reactive ketones (excluding diaryl/α,β-unsaturated/α-hetero) is 2. The van der Waals surface area contributed by atoms with E-state index in [2.05, 4.69) is 45.2 Å². The number of piperidine rings is 1. The minimum absolute atomic E-state index is 0.00434. The van der Waals surface area contributed by atoms with Crippen LogP contribution >= 0.6 is 0 Å². The smallest absolute Gasteiger partial charge is 0.407 e. The van der Waals surface area contributed by atoms with Gasteiger partial charge in [0.25, 0.3) is 18.4 Å². The second kappa shape index (κ2) is 51.9. The number of fused-ring (bicyclic) bond motifs is 3. The van der Waals surface area contributed by atoms with E-state index in [1.807, 2.05) is 63.3 Å². The highest BCUT2D eigenvalue weighted by Crippen LogP contribution is 2.35. The molecule has 32 heteroatoms. The number of alkyl carbamates (subject to hydrolysis) is 1. The second-order valence-corrected chi connectivity index (χ2v) is 31.4. The number of carbonyl (C=O) groups is 6. The molecule has 5 aromatic rings. The standard InChI is InChI=1S/C87H128N12O20/c1-60(14-9-7-10-15-62(3)77(107-6)53-70-16-13-17-76(117-70)82(104)85(105)97-31-11-8-12-32-97)50-63(4)73(101)54-74(102)64(5)51-61(2)18-23-68(116-59-100)24-19-65-20-25-69(26-21-65)118-87(106)90-30-35-109-37-39-111-41-43-113-45-47-115-49-48-114-46-44-112-42-40-110-38-36-108-34-29-79(103)98-33-28-71-67(56-98)55-91-78(94-71)57-99-84-80(83(88)92-58-93-84)81(96-99)66-22-27-75-72(52-66)95-86(89)119-75/h7,9-10,14-15,22,27,51-52,55,58-61,63,65,68-70,74,76-77,102H,8,11-13,16-21,23-26,28-50,53-54,56-57H2,1-6H3,(H2,89,95)(H,90,106)(H2,88,92,93)/b10-7+,14-9+,62-15+,64-51+/t60-,61+,63-,65?,68+,69?,70?,74+,76?,77+/m1/s1. The summed E-state index contributed by atoms with van der Waals surface area (Å²) < 4.78 is 75.2. The number of hydrogen-bond acceptors (Lipinski definition) is 28. The van der Waals surface area contributed by atoms with Crippen molar-refractivity contribution in [3.05, 3.63) is 95.4 Å². The molecule has 0 bridgehead atoms. The number of nitrogens with zero attached hydrogens (tertiary/aromatic N) is 9. The molecule has 3 aliphatic heterocycles. The van der Waals surface area contributed by atoms with E-state index in [1.54, 1.807) is 33.9 Å². The van der Waals surface area contributed by atoms with Crippen molar-refractivity contribution in [1.82, 2.24) is 49.8 Å². The predicted molar refractivity (Wildman–Crippen MR) is 445 cm³/mol. The summed E-state index contributed by atoms with van der Waals surface area (Å²) in [6, 6.07) is 5.53. The average molecular weight is 1660 g/mol. The average Bonchev–Trinajstić information content (AvgIpc) is 1.61. The first-order valence-corrected chi connectivity index (χ1v) is 42.6. The summed E-state index contributed by atoms with van der Waals surface area (Å²) in [6.45, 7) is 19.5. The highest BCUT2D eigenvalue weighted by molar-refractivity contribution is 6.37. The van der Waals surface area contributed by atoms with Crippen molar-refractivity contribution >= 4 is 69.9 Å². The number of benzene rings is 1. The van der Waals surface area contributed by atoms with Gasteiger partial charge in [0.1, 0.15) is 59.8 Å². The Balaban J connectivity index is 0.495. The fourth-order valence-corrected chi connectivity index (χ4v) is 15.3. The lowest BCUT2D eigenvalue weighted by Gasteiger charge is -2.33. The molecule has 3 fully saturated rings. The summed E-state index contributed by atoms with van der Waals surface area (Å²) in [6.07, 6.45) is 26.1. The molecule has 8 atom stereocenters. The van der Waals surface area contributed by atoms with Gasteiger partial charge in [-0.05, 0) is 157 Å². The fourth-order valence-electron chi connectivity index (χ4n) is 15.3. The predicted octanol–water partition coefficient (Wildman–Crippen LogP) is 9.98. The van der Waals surface area contributed by atoms with E-state index in [-0.39, 0.29) is 91.7 Å². The van der Waals surface area contributed by atoms with Gasteiger partial charge in [0, 0.05) is 82.3 Å². The number of methoxy groups -OCH3 is 1. The third-order valence-corrected chi connectivity index (χ3v) is 22.1. The number of allylic oxidation sites excluding steroid dienone is 6. The Hall–Kier alpha value is -8.54. The SMILES string of the molecule is CO[C@@H](CC1CCCC(C(=O)C(=O)N2CCCCC2)O1)/C(C)=C/C=C/C=C/[C@@H](C)C[C@@H](C)C(=O)C[C@H](O)/C(C)=C/[C@@H](C)CC[C@@H](CCC1CCC(OC(=O)NCCOCCOCCOCCOCCOCCOCCOCCOCCC(=O)N2CCc3nc(Cn4nc(-c5ccc6oc(N)nc6c5)c5c(N)ncnc54)ncc3C2)CC1)OC=O. The van der Waals surface area contributed by atoms with E-state index in [1.165, 1.54) is 6.33 Å². The number of nitrogens with one attached hydrogen (secondary N) is 1. The molecule has 7 heterocycles. The van der Waals surface area contributed by atoms with E-state index in [0.717, 1.165) is 105 Å². The number of ether oxygens (including phenoxy) is 12. The first-order chi connectivity index (χ1) is 57.8. The van der Waals surface area contributed by atoms with Crippen LogP contribution in [0.5, 0.6) is 0 Å². The maximum Gasteiger partial charge on any atom is 0.407 e. The molecule has 0 radical (unpaired) electrons. The van der Waals surface area contributed by atoms with Crippen molar-refractivity contribution in [3.8, 4) is 11.3 Å². The summed E-state index contributed by atoms with van der Waals surface area (Å²) in [5, 5.41) is 19.3. The van der Waals surface area contributed by atoms with Crippen molar-refractivity contribution in [2.45, 2.75) is 206 Å². The number of nitrogens with two attached hydrogens (primary N) is 2. The molecule has 2 saturated heterocycles. The van der Waals surface area contributed by atoms with Gasteiger partial charge in [-0.1, -0.05) is 57.2 Å². The number of rotatable bonds is 55. The van der Waals surface area contributed by atoms with Crippen LogP contribution in [0.3, 0.4) is 0 Å². The van der Waals surface area contributed by atoms with Gasteiger partial charge in [-0.15, -0.1) is 0 Å². The largest absolute Gasteiger partial charge is 0.465 e. The van der Waals surface area contributed by atoms with Crippen LogP contribution in [0.15, 0.2) is 82.7 Å². The number of carbonyl (C=O) groups excluding carboxylic acids is 6. The molecule has 4 aliphatic rings. The number of oxazole rings is 1. The molecule has 32 nitrogen and oxygen atoms in total. The van der Waals surface area contributed by atoms with Crippen LogP contribution in [-0.2, 0) is 100 Å². The van der Waals surface area contributed by atoms with Crippen LogP contribution < -0.4 is 16.8 Å². The molecule has 656 valence electrons. The number of aliphatic hydroxyl groups excluding tert-OH is 1. The van der Waals surface area contributed by atoms with Crippen molar-refractivity contribution in [3.63, 3.8) is 0 Å². The molecule has 4 aromatic heterocycles. The molecule has 1 aliphatic carbocycles. The third-order valence-electron chi connectivity index (χ3n) is 22.1. The fraction of sp³-hybridized carbons (Fsp3) is 0.655. The van der Waals surface area contributed by atoms with Crippen LogP contribution in [-0.4, -0.2) is 261 Å². The van der Waals surface area contributed by atoms with Gasteiger partial charge in [0.15, 0.2) is 11.2 Å². The Morgan fingerprint density at radius 2 is 1.39 bits per heavy atom. The molecular formula is C87H128N12O20. The van der Waals surface area contributed by atoms with Crippen molar-refractivity contribution in [2.75, 3.05) is 150 Å². The van der Waals surface area contributed by atoms with Gasteiger partial charge in [-0.2, -0.15) is 10.1 Å². The number of likely N-dealkylation sites (tertiary alicyclic amines) is 1. The highest BCUT2D eigenvalue weighted by atomic mass is 16.6. The lowest BCUT2D eigenvalue weighted by molar-refractivity contribution is -0.157. The quantitative estimate of drug-likeness (QED) is 0.00924. The minimum atomic E-state index is -0.882. The van der Waals surface area contributed by atoms with Crippen molar-refractivity contribution < 1.29 is 95.1 Å². The summed E-state index contributed by atoms with van der Waals surface area (Å²) >= 11 is 0. The Labute approximate surface area is 698 Å². The van der Waals surface area contributed by atoms with E-state index in [4.69, 9.17) is 82.8 Å². The molecule has 6 N–H and O–H groups in total.